The number of fused-ring (bicyclic) bond motifs is 8. The molecule has 8 aliphatic rings. The Morgan fingerprint density at radius 2 is 0.453 bits per heavy atom. The van der Waals surface area contributed by atoms with E-state index in [-0.39, 0.29) is 170 Å². The molecular formula is C54H54Cu4N24Zn4+4. The summed E-state index contributed by atoms with van der Waals surface area (Å²) >= 11 is 0. The van der Waals surface area contributed by atoms with E-state index < -0.39 is 0 Å². The number of rotatable bonds is 7. The third kappa shape index (κ3) is 16.4. The van der Waals surface area contributed by atoms with Gasteiger partial charge in [-0.1, -0.05) is 146 Å². The van der Waals surface area contributed by atoms with Gasteiger partial charge in [0.05, 0.1) is 24.2 Å². The minimum atomic E-state index is -0.218. The van der Waals surface area contributed by atoms with Crippen LogP contribution >= 0.6 is 0 Å². The fraction of sp³-hybridized carbons (Fsp3) is 0.111. The van der Waals surface area contributed by atoms with Gasteiger partial charge in [-0.25, -0.2) is 0 Å². The molecule has 0 aromatic heterocycles. The van der Waals surface area contributed by atoms with Crippen molar-refractivity contribution < 1.29 is 146 Å². The summed E-state index contributed by atoms with van der Waals surface area (Å²) in [6.07, 6.45) is 0. The predicted octanol–water partition coefficient (Wildman–Crippen LogP) is 12.4. The summed E-state index contributed by atoms with van der Waals surface area (Å²) < 4.78 is 0. The smallest absolute Gasteiger partial charge is 0.602 e. The normalized spacial score (nSPS) is 15.0. The largest absolute Gasteiger partial charge is 2.00 e. The van der Waals surface area contributed by atoms with E-state index >= 15 is 0 Å². The van der Waals surface area contributed by atoms with Crippen LogP contribution in [0.5, 0.6) is 0 Å². The molecule has 0 fully saturated rings. The maximum absolute atomic E-state index is 4.70. The zero-order valence-corrected chi connectivity index (χ0v) is 61.8. The quantitative estimate of drug-likeness (QED) is 0.0662. The first-order chi connectivity index (χ1) is 38.6. The van der Waals surface area contributed by atoms with Crippen molar-refractivity contribution in [2.24, 2.45) is 0 Å². The third-order valence-corrected chi connectivity index (χ3v) is 13.5. The SMILES string of the molecule is CC(C(C(C(C)N1N[N-]c2ccccc21)N1N[N-]c2ccccc21)N1N[N-]c2ccccc21)N1N[N-]c2ccccc21.[Cu+].[Cu+].[Cu+].[Cu+].[Zn+2].[Zn+2].[Zn+2].[Zn+2].c1ccc2c(c1)[N-]NN2.c1ccc2c(c1)[N-]NN2.c1ccc2c(c1)[N-]NN2.c1ccc2c(c1)[N-]NN2. The van der Waals surface area contributed by atoms with Crippen molar-refractivity contribution in [3.05, 3.63) is 238 Å². The molecule has 4 unspecified atom stereocenters. The van der Waals surface area contributed by atoms with Gasteiger partial charge in [0.1, 0.15) is 0 Å². The van der Waals surface area contributed by atoms with Gasteiger partial charge >= 0.3 is 146 Å². The monoisotopic (exact) mass is 1550 g/mol. The number of anilines is 8. The molecule has 0 radical (unpaired) electrons. The van der Waals surface area contributed by atoms with Crippen LogP contribution in [0, 0.1) is 0 Å². The molecule has 0 aliphatic carbocycles. The fourth-order valence-electron chi connectivity index (χ4n) is 9.69. The Kier molecular flexibility index (Phi) is 29.9. The van der Waals surface area contributed by atoms with Crippen molar-refractivity contribution in [3.63, 3.8) is 0 Å². The number of benzene rings is 8. The summed E-state index contributed by atoms with van der Waals surface area (Å²) in [5.41, 5.74) is 85.6. The van der Waals surface area contributed by atoms with E-state index in [4.69, 9.17) is 10.9 Å². The summed E-state index contributed by atoms with van der Waals surface area (Å²) in [5, 5.41) is 8.62. The predicted molar refractivity (Wildman–Crippen MR) is 312 cm³/mol. The molecule has 0 saturated carbocycles. The Bertz CT molecular complexity index is 2960. The van der Waals surface area contributed by atoms with Gasteiger partial charge in [0.2, 0.25) is 0 Å². The zero-order valence-electron chi connectivity index (χ0n) is 46.2. The molecule has 8 aromatic carbocycles. The molecule has 8 heterocycles. The summed E-state index contributed by atoms with van der Waals surface area (Å²) in [6.45, 7) is 4.43. The van der Waals surface area contributed by atoms with Gasteiger partial charge in [0, 0.05) is 45.5 Å². The standard InChI is InChI=1S/C30H30N12.4C6H6N3.4Cu.4Zn/c1-19(39-25-15-7-3-11-21(25)31-35-39)29(41-27-17-9-5-13-23(27)33-37-41)30(42-28-18-10-6-14-24(28)34-38-42)20(2)40-26-16-8-4-12-22(26)32-36-40;4*1-2-4-6-5(3-1)7-9-8-6;;;;;;;;/h3-20,29-30,35-38H,1-2H3;4*1-4,7,9H;;;;;;;;/q-4;4*-1;4*+1;4*+2. The van der Waals surface area contributed by atoms with Gasteiger partial charge in [-0.15, -0.1) is 45.5 Å². The average Bonchev–Trinajstić information content (AvgIpc) is 2.12. The van der Waals surface area contributed by atoms with E-state index in [0.29, 0.717) is 0 Å². The summed E-state index contributed by atoms with van der Waals surface area (Å²) in [5.74, 6) is 0. The van der Waals surface area contributed by atoms with Gasteiger partial charge in [0.25, 0.3) is 0 Å². The molecule has 0 amide bonds. The first kappa shape index (κ1) is 73.3. The van der Waals surface area contributed by atoms with Crippen molar-refractivity contribution in [3.8, 4) is 0 Å². The van der Waals surface area contributed by atoms with E-state index in [1.165, 1.54) is 0 Å². The first-order valence-corrected chi connectivity index (χ1v) is 25.2. The van der Waals surface area contributed by atoms with E-state index in [1.807, 2.05) is 170 Å². The number of hydrazine groups is 8. The molecule has 86 heavy (non-hydrogen) atoms. The van der Waals surface area contributed by atoms with Crippen molar-refractivity contribution in [1.29, 1.82) is 0 Å². The summed E-state index contributed by atoms with van der Waals surface area (Å²) in [4.78, 5) is 0. The molecule has 0 saturated heterocycles. The number of nitrogens with one attached hydrogen (secondary N) is 12. The molecule has 8 aromatic rings. The second kappa shape index (κ2) is 35.1. The molecule has 0 spiro atoms. The average molecular weight is 1550 g/mol. The van der Waals surface area contributed by atoms with E-state index in [2.05, 4.69) is 157 Å². The van der Waals surface area contributed by atoms with Gasteiger partial charge in [0.15, 0.2) is 0 Å². The minimum Gasteiger partial charge on any atom is -0.602 e. The Balaban J connectivity index is 0.000000291. The van der Waals surface area contributed by atoms with Crippen molar-refractivity contribution in [1.82, 2.24) is 44.3 Å². The zero-order chi connectivity index (χ0) is 52.6. The van der Waals surface area contributed by atoms with Crippen LogP contribution in [-0.4, -0.2) is 24.2 Å². The van der Waals surface area contributed by atoms with Crippen LogP contribution in [-0.2, 0) is 146 Å². The molecular weight excluding hydrogens is 1500 g/mol. The molecule has 12 N–H and O–H groups in total. The Morgan fingerprint density at radius 3 is 0.698 bits per heavy atom. The minimum absolute atomic E-state index is 0. The van der Waals surface area contributed by atoms with E-state index in [9.17, 15) is 0 Å². The second-order valence-electron chi connectivity index (χ2n) is 18.2. The molecule has 24 nitrogen and oxygen atoms in total. The number of hydrogen-bond acceptors (Lipinski definition) is 16. The van der Waals surface area contributed by atoms with Gasteiger partial charge < -0.3 is 129 Å². The maximum Gasteiger partial charge on any atom is 2.00 e. The number of hydrogen-bond donors (Lipinski definition) is 12. The van der Waals surface area contributed by atoms with Gasteiger partial charge in [-0.05, 0) is 62.4 Å². The van der Waals surface area contributed by atoms with Crippen LogP contribution in [0.3, 0.4) is 0 Å². The molecule has 438 valence electrons. The molecule has 32 heteroatoms. The van der Waals surface area contributed by atoms with Crippen molar-refractivity contribution in [2.75, 3.05) is 41.7 Å². The Morgan fingerprint density at radius 1 is 0.256 bits per heavy atom. The van der Waals surface area contributed by atoms with Crippen LogP contribution in [0.25, 0.3) is 43.4 Å². The maximum atomic E-state index is 4.70. The van der Waals surface area contributed by atoms with Gasteiger partial charge in [-0.2, -0.15) is 0 Å². The van der Waals surface area contributed by atoms with Crippen molar-refractivity contribution >= 4 is 91.0 Å². The fourth-order valence-corrected chi connectivity index (χ4v) is 9.69. The molecule has 0 bridgehead atoms. The summed E-state index contributed by atoms with van der Waals surface area (Å²) in [7, 11) is 0. The molecule has 8 aliphatic heterocycles. The second-order valence-corrected chi connectivity index (χ2v) is 18.2. The number of para-hydroxylation sites is 16. The first-order valence-electron chi connectivity index (χ1n) is 25.2. The Hall–Kier alpha value is -5.19. The van der Waals surface area contributed by atoms with Crippen LogP contribution in [0.4, 0.5) is 91.0 Å². The topological polar surface area (TPSA) is 270 Å². The molecule has 4 atom stereocenters. The van der Waals surface area contributed by atoms with Crippen LogP contribution in [0.1, 0.15) is 13.8 Å². The van der Waals surface area contributed by atoms with Crippen LogP contribution in [0.2, 0.25) is 0 Å². The Labute approximate surface area is 592 Å². The summed E-state index contributed by atoms with van der Waals surface area (Å²) in [6, 6.07) is 63.4. The van der Waals surface area contributed by atoms with E-state index in [0.717, 1.165) is 91.0 Å². The van der Waals surface area contributed by atoms with Crippen molar-refractivity contribution in [2.45, 2.75) is 38.0 Å². The van der Waals surface area contributed by atoms with Crippen LogP contribution < -0.4 is 86.0 Å². The van der Waals surface area contributed by atoms with Crippen LogP contribution in [0.15, 0.2) is 194 Å². The molecule has 16 rings (SSSR count). The van der Waals surface area contributed by atoms with Gasteiger partial charge in [-0.3, -0.25) is 0 Å². The number of nitrogens with zero attached hydrogens (tertiary/aromatic N) is 12. The third-order valence-electron chi connectivity index (χ3n) is 13.5. The van der Waals surface area contributed by atoms with E-state index in [1.54, 1.807) is 0 Å².